The second kappa shape index (κ2) is 5.60. The number of nitrogens with zero attached hydrogens (tertiary/aromatic N) is 1. The largest absolute Gasteiger partial charge is 0.345 e. The van der Waals surface area contributed by atoms with Crippen LogP contribution >= 0.6 is 0 Å². The van der Waals surface area contributed by atoms with E-state index < -0.39 is 0 Å². The van der Waals surface area contributed by atoms with Crippen LogP contribution in [0.25, 0.3) is 0 Å². The van der Waals surface area contributed by atoms with Crippen molar-refractivity contribution in [3.05, 3.63) is 0 Å². The Morgan fingerprint density at radius 2 is 2.00 bits per heavy atom. The van der Waals surface area contributed by atoms with Gasteiger partial charge in [0.05, 0.1) is 0 Å². The molecular weight excluding hydrogens is 224 g/mol. The van der Waals surface area contributed by atoms with Gasteiger partial charge in [-0.1, -0.05) is 20.3 Å². The first kappa shape index (κ1) is 13.9. The highest BCUT2D eigenvalue weighted by Crippen LogP contribution is 2.34. The standard InChI is InChI=1S/C15H28N2O/c1-15(2,13-8-5-9-16-10-13)14(18)17(3)11-12-6-4-7-12/h12-13,16H,4-11H2,1-3H3. The van der Waals surface area contributed by atoms with Crippen LogP contribution in [0.4, 0.5) is 0 Å². The molecule has 1 saturated carbocycles. The third-order valence-corrected chi connectivity index (χ3v) is 4.97. The van der Waals surface area contributed by atoms with Gasteiger partial charge in [-0.25, -0.2) is 0 Å². The van der Waals surface area contributed by atoms with E-state index in [-0.39, 0.29) is 5.41 Å². The number of piperidine rings is 1. The molecule has 1 heterocycles. The Bertz CT molecular complexity index is 291. The van der Waals surface area contributed by atoms with Gasteiger partial charge in [0.25, 0.3) is 0 Å². The van der Waals surface area contributed by atoms with Crippen molar-refractivity contribution in [3.63, 3.8) is 0 Å². The molecule has 0 bridgehead atoms. The van der Waals surface area contributed by atoms with Gasteiger partial charge in [0.2, 0.25) is 5.91 Å². The molecule has 1 aliphatic carbocycles. The van der Waals surface area contributed by atoms with Crippen molar-refractivity contribution in [2.75, 3.05) is 26.7 Å². The Balaban J connectivity index is 1.91. The first-order chi connectivity index (χ1) is 8.51. The number of rotatable bonds is 4. The summed E-state index contributed by atoms with van der Waals surface area (Å²) >= 11 is 0. The van der Waals surface area contributed by atoms with Gasteiger partial charge in [0.1, 0.15) is 0 Å². The SMILES string of the molecule is CN(CC1CCC1)C(=O)C(C)(C)C1CCCNC1. The van der Waals surface area contributed by atoms with Crippen molar-refractivity contribution in [1.29, 1.82) is 0 Å². The zero-order chi connectivity index (χ0) is 13.2. The lowest BCUT2D eigenvalue weighted by atomic mass is 9.73. The van der Waals surface area contributed by atoms with E-state index in [4.69, 9.17) is 0 Å². The predicted molar refractivity (Wildman–Crippen MR) is 74.4 cm³/mol. The van der Waals surface area contributed by atoms with Crippen molar-refractivity contribution in [2.45, 2.75) is 46.0 Å². The average molecular weight is 252 g/mol. The maximum atomic E-state index is 12.6. The molecule has 3 nitrogen and oxygen atoms in total. The topological polar surface area (TPSA) is 32.3 Å². The zero-order valence-electron chi connectivity index (χ0n) is 12.2. The summed E-state index contributed by atoms with van der Waals surface area (Å²) in [4.78, 5) is 14.6. The number of carbonyl (C=O) groups excluding carboxylic acids is 1. The number of amides is 1. The molecule has 0 aromatic carbocycles. The van der Waals surface area contributed by atoms with Crippen LogP contribution in [-0.2, 0) is 4.79 Å². The van der Waals surface area contributed by atoms with Crippen LogP contribution in [0.15, 0.2) is 0 Å². The molecule has 0 radical (unpaired) electrons. The van der Waals surface area contributed by atoms with Gasteiger partial charge in [-0.05, 0) is 50.6 Å². The summed E-state index contributed by atoms with van der Waals surface area (Å²) in [5.74, 6) is 1.59. The van der Waals surface area contributed by atoms with Gasteiger partial charge in [0.15, 0.2) is 0 Å². The minimum atomic E-state index is -0.216. The van der Waals surface area contributed by atoms with Crippen molar-refractivity contribution in [3.8, 4) is 0 Å². The van der Waals surface area contributed by atoms with E-state index in [0.717, 1.165) is 25.6 Å². The van der Waals surface area contributed by atoms with Crippen LogP contribution in [0.2, 0.25) is 0 Å². The molecule has 1 aliphatic heterocycles. The molecule has 0 spiro atoms. The summed E-state index contributed by atoms with van der Waals surface area (Å²) < 4.78 is 0. The fourth-order valence-electron chi connectivity index (χ4n) is 3.28. The molecule has 2 aliphatic rings. The van der Waals surface area contributed by atoms with Gasteiger partial charge in [-0.15, -0.1) is 0 Å². The van der Waals surface area contributed by atoms with E-state index in [1.807, 2.05) is 11.9 Å². The lowest BCUT2D eigenvalue weighted by molar-refractivity contribution is -0.143. The Hall–Kier alpha value is -0.570. The molecule has 3 heteroatoms. The Morgan fingerprint density at radius 3 is 2.50 bits per heavy atom. The zero-order valence-corrected chi connectivity index (χ0v) is 12.2. The van der Waals surface area contributed by atoms with E-state index in [1.54, 1.807) is 0 Å². The summed E-state index contributed by atoms with van der Waals surface area (Å²) in [6.07, 6.45) is 6.35. The molecule has 18 heavy (non-hydrogen) atoms. The lowest BCUT2D eigenvalue weighted by Crippen LogP contribution is -2.49. The highest BCUT2D eigenvalue weighted by atomic mass is 16.2. The monoisotopic (exact) mass is 252 g/mol. The summed E-state index contributed by atoms with van der Waals surface area (Å²) in [7, 11) is 1.98. The fourth-order valence-corrected chi connectivity index (χ4v) is 3.28. The lowest BCUT2D eigenvalue weighted by Gasteiger charge is -2.40. The maximum Gasteiger partial charge on any atom is 0.228 e. The summed E-state index contributed by atoms with van der Waals surface area (Å²) in [5, 5.41) is 3.43. The molecule has 1 unspecified atom stereocenters. The summed E-state index contributed by atoms with van der Waals surface area (Å²) in [6, 6.07) is 0. The van der Waals surface area contributed by atoms with Crippen LogP contribution in [-0.4, -0.2) is 37.5 Å². The molecule has 104 valence electrons. The molecule has 0 aromatic heterocycles. The second-order valence-electron chi connectivity index (χ2n) is 6.75. The smallest absolute Gasteiger partial charge is 0.228 e. The normalized spacial score (nSPS) is 25.6. The van der Waals surface area contributed by atoms with Gasteiger partial charge < -0.3 is 10.2 Å². The van der Waals surface area contributed by atoms with Crippen molar-refractivity contribution in [2.24, 2.45) is 17.3 Å². The van der Waals surface area contributed by atoms with Crippen LogP contribution in [0.1, 0.15) is 46.0 Å². The van der Waals surface area contributed by atoms with Crippen molar-refractivity contribution in [1.82, 2.24) is 10.2 Å². The van der Waals surface area contributed by atoms with E-state index >= 15 is 0 Å². The molecule has 1 atom stereocenters. The third-order valence-electron chi connectivity index (χ3n) is 4.97. The van der Waals surface area contributed by atoms with Gasteiger partial charge in [-0.3, -0.25) is 4.79 Å². The summed E-state index contributed by atoms with van der Waals surface area (Å²) in [6.45, 7) is 7.33. The molecule has 1 saturated heterocycles. The predicted octanol–water partition coefficient (Wildman–Crippen LogP) is 2.27. The fraction of sp³-hybridized carbons (Fsp3) is 0.933. The Labute approximate surface area is 111 Å². The molecular formula is C15H28N2O. The highest BCUT2D eigenvalue weighted by molar-refractivity contribution is 5.82. The molecule has 2 fully saturated rings. The average Bonchev–Trinajstić information content (AvgIpc) is 2.33. The van der Waals surface area contributed by atoms with Gasteiger partial charge in [0, 0.05) is 19.0 Å². The number of nitrogens with one attached hydrogen (secondary N) is 1. The van der Waals surface area contributed by atoms with E-state index in [9.17, 15) is 4.79 Å². The molecule has 0 aromatic rings. The number of carbonyl (C=O) groups is 1. The number of hydrogen-bond donors (Lipinski definition) is 1. The van der Waals surface area contributed by atoms with Gasteiger partial charge in [-0.2, -0.15) is 0 Å². The first-order valence-corrected chi connectivity index (χ1v) is 7.48. The Kier molecular flexibility index (Phi) is 4.31. The van der Waals surface area contributed by atoms with Crippen LogP contribution in [0.5, 0.6) is 0 Å². The third kappa shape index (κ3) is 2.87. The molecule has 2 rings (SSSR count). The van der Waals surface area contributed by atoms with E-state index in [0.29, 0.717) is 11.8 Å². The minimum absolute atomic E-state index is 0.216. The van der Waals surface area contributed by atoms with Gasteiger partial charge >= 0.3 is 0 Å². The van der Waals surface area contributed by atoms with Crippen LogP contribution in [0.3, 0.4) is 0 Å². The number of hydrogen-bond acceptors (Lipinski definition) is 2. The summed E-state index contributed by atoms with van der Waals surface area (Å²) in [5.41, 5.74) is -0.216. The quantitative estimate of drug-likeness (QED) is 0.832. The minimum Gasteiger partial charge on any atom is -0.345 e. The molecule has 1 N–H and O–H groups in total. The van der Waals surface area contributed by atoms with Crippen molar-refractivity contribution >= 4 is 5.91 Å². The van der Waals surface area contributed by atoms with Crippen molar-refractivity contribution < 1.29 is 4.79 Å². The Morgan fingerprint density at radius 1 is 1.28 bits per heavy atom. The first-order valence-electron chi connectivity index (χ1n) is 7.48. The molecule has 1 amide bonds. The maximum absolute atomic E-state index is 12.6. The van der Waals surface area contributed by atoms with E-state index in [2.05, 4.69) is 19.2 Å². The van der Waals surface area contributed by atoms with Crippen LogP contribution < -0.4 is 5.32 Å². The highest BCUT2D eigenvalue weighted by Gasteiger charge is 2.39. The van der Waals surface area contributed by atoms with Crippen LogP contribution in [0, 0.1) is 17.3 Å². The second-order valence-corrected chi connectivity index (χ2v) is 6.75. The van der Waals surface area contributed by atoms with E-state index in [1.165, 1.54) is 32.1 Å².